The van der Waals surface area contributed by atoms with E-state index in [2.05, 4.69) is 33.7 Å². The number of oxime groups is 1. The third-order valence-electron chi connectivity index (χ3n) is 5.31. The number of aromatic nitrogens is 1. The lowest BCUT2D eigenvalue weighted by Gasteiger charge is -2.15. The summed E-state index contributed by atoms with van der Waals surface area (Å²) in [7, 11) is 0. The first-order valence-corrected chi connectivity index (χ1v) is 11.5. The Hall–Kier alpha value is -3.44. The molecule has 3 rings (SSSR count). The number of benzene rings is 1. The molecule has 1 aromatic carbocycles. The summed E-state index contributed by atoms with van der Waals surface area (Å²) in [5, 5.41) is 16.9. The second-order valence-electron chi connectivity index (χ2n) is 8.85. The van der Waals surface area contributed by atoms with Crippen LogP contribution in [0.4, 0.5) is 0 Å². The van der Waals surface area contributed by atoms with Crippen molar-refractivity contribution in [3.8, 4) is 11.9 Å². The maximum Gasteiger partial charge on any atom is 0.320 e. The number of nitriles is 1. The molecule has 34 heavy (non-hydrogen) atoms. The Kier molecular flexibility index (Phi) is 8.61. The van der Waals surface area contributed by atoms with Crippen LogP contribution in [0.3, 0.4) is 0 Å². The summed E-state index contributed by atoms with van der Waals surface area (Å²) in [5.74, 6) is 0.0862. The number of nitrogens with zero attached hydrogens (tertiary/aromatic N) is 3. The van der Waals surface area contributed by atoms with Crippen molar-refractivity contribution in [1.29, 1.82) is 5.26 Å². The van der Waals surface area contributed by atoms with Gasteiger partial charge in [-0.05, 0) is 76.3 Å². The van der Waals surface area contributed by atoms with Crippen molar-refractivity contribution >= 4 is 11.7 Å². The van der Waals surface area contributed by atoms with E-state index in [0.717, 1.165) is 29.7 Å². The monoisotopic (exact) mass is 464 g/mol. The largest absolute Gasteiger partial charge is 0.474 e. The number of esters is 1. The van der Waals surface area contributed by atoms with E-state index in [1.165, 1.54) is 11.1 Å². The van der Waals surface area contributed by atoms with Gasteiger partial charge >= 0.3 is 5.97 Å². The SMILES string of the molecule is C/C(=N\OCc1cnc(OC(C)C)c(C#N)c1)c1ccc2c(c1)CCC2NCC(=O)OC(C)C. The van der Waals surface area contributed by atoms with E-state index >= 15 is 0 Å². The molecule has 1 aromatic heterocycles. The molecular formula is C26H32N4O4. The third kappa shape index (κ3) is 6.78. The fraction of sp³-hybridized carbons (Fsp3) is 0.462. The Morgan fingerprint density at radius 3 is 2.76 bits per heavy atom. The average Bonchev–Trinajstić information content (AvgIpc) is 3.20. The molecular weight excluding hydrogens is 432 g/mol. The first kappa shape index (κ1) is 25.2. The van der Waals surface area contributed by atoms with Crippen LogP contribution in [0.5, 0.6) is 5.88 Å². The molecule has 0 amide bonds. The molecule has 1 atom stereocenters. The van der Waals surface area contributed by atoms with Gasteiger partial charge in [-0.3, -0.25) is 4.79 Å². The normalized spacial score (nSPS) is 15.2. The van der Waals surface area contributed by atoms with E-state index in [4.69, 9.17) is 14.3 Å². The molecule has 180 valence electrons. The van der Waals surface area contributed by atoms with Crippen molar-refractivity contribution in [2.75, 3.05) is 6.54 Å². The number of nitrogens with one attached hydrogen (secondary N) is 1. The highest BCUT2D eigenvalue weighted by Gasteiger charge is 2.23. The standard InChI is InChI=1S/C26H32N4O4/c1-16(2)33-25(31)14-28-24-9-7-21-11-20(6-8-23(21)24)18(5)30-32-15-19-10-22(12-27)26(29-13-19)34-17(3)4/h6,8,10-11,13,16-17,24,28H,7,9,14-15H2,1-5H3/b30-18+. The number of carbonyl (C=O) groups is 1. The molecule has 1 N–H and O–H groups in total. The summed E-state index contributed by atoms with van der Waals surface area (Å²) in [5.41, 5.74) is 5.29. The molecule has 0 bridgehead atoms. The maximum absolute atomic E-state index is 11.8. The molecule has 0 fully saturated rings. The molecule has 1 unspecified atom stereocenters. The van der Waals surface area contributed by atoms with Crippen LogP contribution < -0.4 is 10.1 Å². The van der Waals surface area contributed by atoms with Crippen molar-refractivity contribution < 1.29 is 19.1 Å². The third-order valence-corrected chi connectivity index (χ3v) is 5.31. The van der Waals surface area contributed by atoms with E-state index in [9.17, 15) is 10.1 Å². The molecule has 2 aromatic rings. The van der Waals surface area contributed by atoms with Crippen LogP contribution in [0.1, 0.15) is 74.9 Å². The number of rotatable bonds is 10. The van der Waals surface area contributed by atoms with Gasteiger partial charge < -0.3 is 19.6 Å². The zero-order chi connectivity index (χ0) is 24.7. The lowest BCUT2D eigenvalue weighted by molar-refractivity contribution is -0.146. The minimum atomic E-state index is -0.237. The molecule has 0 aliphatic heterocycles. The van der Waals surface area contributed by atoms with Crippen LogP contribution in [0, 0.1) is 11.3 Å². The van der Waals surface area contributed by atoms with Gasteiger partial charge in [-0.25, -0.2) is 4.98 Å². The number of hydrogen-bond donors (Lipinski definition) is 1. The highest BCUT2D eigenvalue weighted by atomic mass is 16.6. The van der Waals surface area contributed by atoms with Gasteiger partial charge in [0, 0.05) is 17.8 Å². The Balaban J connectivity index is 1.58. The number of fused-ring (bicyclic) bond motifs is 1. The van der Waals surface area contributed by atoms with Gasteiger partial charge in [-0.2, -0.15) is 5.26 Å². The molecule has 1 aliphatic rings. The predicted molar refractivity (Wildman–Crippen MR) is 128 cm³/mol. The highest BCUT2D eigenvalue weighted by molar-refractivity contribution is 5.98. The van der Waals surface area contributed by atoms with Crippen LogP contribution in [0.25, 0.3) is 0 Å². The van der Waals surface area contributed by atoms with Crippen molar-refractivity contribution in [1.82, 2.24) is 10.3 Å². The Labute approximate surface area is 200 Å². The predicted octanol–water partition coefficient (Wildman–Crippen LogP) is 4.21. The maximum atomic E-state index is 11.8. The minimum Gasteiger partial charge on any atom is -0.474 e. The quantitative estimate of drug-likeness (QED) is 0.319. The van der Waals surface area contributed by atoms with Gasteiger partial charge in [0.25, 0.3) is 0 Å². The summed E-state index contributed by atoms with van der Waals surface area (Å²) < 4.78 is 10.7. The van der Waals surface area contributed by atoms with E-state index in [0.29, 0.717) is 11.4 Å². The molecule has 0 saturated heterocycles. The Bertz CT molecular complexity index is 1090. The van der Waals surface area contributed by atoms with Gasteiger partial charge in [0.05, 0.1) is 24.5 Å². The number of carbonyl (C=O) groups excluding carboxylic acids is 1. The number of pyridine rings is 1. The van der Waals surface area contributed by atoms with Crippen LogP contribution in [0.2, 0.25) is 0 Å². The number of ether oxygens (including phenoxy) is 2. The fourth-order valence-corrected chi connectivity index (χ4v) is 3.79. The van der Waals surface area contributed by atoms with E-state index in [1.54, 1.807) is 12.3 Å². The molecule has 8 heteroatoms. The Morgan fingerprint density at radius 2 is 2.06 bits per heavy atom. The zero-order valence-corrected chi connectivity index (χ0v) is 20.4. The van der Waals surface area contributed by atoms with Gasteiger partial charge in [-0.15, -0.1) is 0 Å². The fourth-order valence-electron chi connectivity index (χ4n) is 3.79. The van der Waals surface area contributed by atoms with Crippen molar-refractivity contribution in [3.05, 3.63) is 58.3 Å². The number of aryl methyl sites for hydroxylation is 1. The van der Waals surface area contributed by atoms with Crippen molar-refractivity contribution in [2.45, 2.75) is 72.3 Å². The lowest BCUT2D eigenvalue weighted by Crippen LogP contribution is -2.29. The Morgan fingerprint density at radius 1 is 1.26 bits per heavy atom. The van der Waals surface area contributed by atoms with Gasteiger partial charge in [0.15, 0.2) is 0 Å². The van der Waals surface area contributed by atoms with Crippen LogP contribution >= 0.6 is 0 Å². The van der Waals surface area contributed by atoms with E-state index in [-0.39, 0.29) is 37.4 Å². The molecule has 1 heterocycles. The van der Waals surface area contributed by atoms with Gasteiger partial charge in [0.1, 0.15) is 18.2 Å². The zero-order valence-electron chi connectivity index (χ0n) is 20.4. The van der Waals surface area contributed by atoms with Gasteiger partial charge in [0.2, 0.25) is 5.88 Å². The minimum absolute atomic E-state index is 0.0614. The van der Waals surface area contributed by atoms with Crippen LogP contribution in [-0.4, -0.2) is 35.4 Å². The van der Waals surface area contributed by atoms with Crippen molar-refractivity contribution in [2.24, 2.45) is 5.16 Å². The summed E-state index contributed by atoms with van der Waals surface area (Å²) in [6, 6.07) is 10.2. The first-order chi connectivity index (χ1) is 16.3. The second-order valence-corrected chi connectivity index (χ2v) is 8.85. The van der Waals surface area contributed by atoms with Crippen LogP contribution in [0.15, 0.2) is 35.6 Å². The first-order valence-electron chi connectivity index (χ1n) is 11.5. The molecule has 0 radical (unpaired) electrons. The summed E-state index contributed by atoms with van der Waals surface area (Å²) in [6.45, 7) is 9.75. The van der Waals surface area contributed by atoms with Crippen molar-refractivity contribution in [3.63, 3.8) is 0 Å². The molecule has 0 spiro atoms. The topological polar surface area (TPSA) is 106 Å². The van der Waals surface area contributed by atoms with E-state index < -0.39 is 0 Å². The second kappa shape index (κ2) is 11.6. The highest BCUT2D eigenvalue weighted by Crippen LogP contribution is 2.32. The summed E-state index contributed by atoms with van der Waals surface area (Å²) in [6.07, 6.45) is 3.32. The van der Waals surface area contributed by atoms with Crippen LogP contribution in [-0.2, 0) is 27.4 Å². The molecule has 8 nitrogen and oxygen atoms in total. The van der Waals surface area contributed by atoms with Gasteiger partial charge in [-0.1, -0.05) is 17.3 Å². The summed E-state index contributed by atoms with van der Waals surface area (Å²) in [4.78, 5) is 21.6. The molecule has 1 aliphatic carbocycles. The molecule has 0 saturated carbocycles. The summed E-state index contributed by atoms with van der Waals surface area (Å²) >= 11 is 0. The number of hydrogen-bond acceptors (Lipinski definition) is 8. The average molecular weight is 465 g/mol. The van der Waals surface area contributed by atoms with E-state index in [1.807, 2.05) is 40.7 Å². The lowest BCUT2D eigenvalue weighted by atomic mass is 10.0. The smallest absolute Gasteiger partial charge is 0.320 e.